The molecule has 0 bridgehead atoms. The molecule has 1 aromatic rings. The van der Waals surface area contributed by atoms with Gasteiger partial charge < -0.3 is 0 Å². The summed E-state index contributed by atoms with van der Waals surface area (Å²) in [5.74, 6) is -0.0425. The van der Waals surface area contributed by atoms with E-state index >= 15 is 0 Å². The largest absolute Gasteiger partial charge is 0.298 e. The van der Waals surface area contributed by atoms with Gasteiger partial charge in [0.05, 0.1) is 0 Å². The Morgan fingerprint density at radius 2 is 2.21 bits per heavy atom. The average molecular weight is 340 g/mol. The lowest BCUT2D eigenvalue weighted by molar-refractivity contribution is -0.116. The van der Waals surface area contributed by atoms with E-state index in [-0.39, 0.29) is 5.78 Å². The van der Waals surface area contributed by atoms with Gasteiger partial charge in [-0.3, -0.25) is 4.79 Å². The van der Waals surface area contributed by atoms with Crippen molar-refractivity contribution in [2.24, 2.45) is 0 Å². The molecule has 0 spiro atoms. The number of benzene rings is 1. The van der Waals surface area contributed by atoms with E-state index in [1.54, 1.807) is 0 Å². The van der Waals surface area contributed by atoms with E-state index in [9.17, 15) is 4.79 Å². The van der Waals surface area contributed by atoms with Crippen molar-refractivity contribution in [1.82, 2.24) is 0 Å². The van der Waals surface area contributed by atoms with Crippen molar-refractivity contribution in [3.05, 3.63) is 33.8 Å². The molecule has 0 aliphatic heterocycles. The van der Waals surface area contributed by atoms with Gasteiger partial charge in [0.25, 0.3) is 0 Å². The zero-order valence-corrected chi connectivity index (χ0v) is 11.5. The summed E-state index contributed by atoms with van der Waals surface area (Å²) in [4.78, 5) is 11.1. The van der Waals surface area contributed by atoms with Gasteiger partial charge >= 0.3 is 0 Å². The number of Topliss-reactive ketones (excluding diaryl/α,β-unsaturated/α-hetero) is 1. The van der Waals surface area contributed by atoms with E-state index in [1.807, 2.05) is 18.2 Å². The van der Waals surface area contributed by atoms with Crippen LogP contribution in [0.3, 0.4) is 0 Å². The van der Waals surface area contributed by atoms with E-state index in [0.29, 0.717) is 0 Å². The van der Waals surface area contributed by atoms with Crippen molar-refractivity contribution < 1.29 is 4.79 Å². The van der Waals surface area contributed by atoms with Crippen molar-refractivity contribution in [3.63, 3.8) is 0 Å². The normalized spacial score (nSPS) is 12.6. The number of alkyl halides is 2. The first-order valence-corrected chi connectivity index (χ1v) is 6.40. The summed E-state index contributed by atoms with van der Waals surface area (Å²) in [7, 11) is 0. The van der Waals surface area contributed by atoms with E-state index in [1.165, 1.54) is 6.92 Å². The van der Waals surface area contributed by atoms with Crippen molar-refractivity contribution in [1.29, 1.82) is 0 Å². The van der Waals surface area contributed by atoms with Gasteiger partial charge in [-0.1, -0.05) is 50.1 Å². The molecular weight excluding hydrogens is 331 g/mol. The van der Waals surface area contributed by atoms with Gasteiger partial charge in [0.15, 0.2) is 5.78 Å². The third kappa shape index (κ3) is 2.59. The molecule has 14 heavy (non-hydrogen) atoms. The number of rotatable bonds is 3. The summed E-state index contributed by atoms with van der Waals surface area (Å²) in [6, 6.07) is 5.73. The molecule has 1 rings (SSSR count). The molecule has 0 fully saturated rings. The highest BCUT2D eigenvalue weighted by Crippen LogP contribution is 2.32. The molecule has 0 aliphatic carbocycles. The van der Waals surface area contributed by atoms with Crippen LogP contribution >= 0.6 is 43.5 Å². The third-order valence-electron chi connectivity index (χ3n) is 1.88. The fourth-order valence-corrected chi connectivity index (χ4v) is 2.91. The van der Waals surface area contributed by atoms with E-state index in [2.05, 4.69) is 31.9 Å². The van der Waals surface area contributed by atoms with E-state index < -0.39 is 5.38 Å². The van der Waals surface area contributed by atoms with Crippen LogP contribution in [0.4, 0.5) is 0 Å². The lowest BCUT2D eigenvalue weighted by Gasteiger charge is -2.10. The van der Waals surface area contributed by atoms with Crippen LogP contribution in [0.25, 0.3) is 0 Å². The first-order chi connectivity index (χ1) is 6.57. The topological polar surface area (TPSA) is 17.1 Å². The standard InChI is InChI=1S/C10H9Br2ClO/c1-6(14)10(13)8-4-2-3-7(5-11)9(8)12/h2-4,10H,5H2,1H3. The van der Waals surface area contributed by atoms with Gasteiger partial charge in [0, 0.05) is 9.80 Å². The number of hydrogen-bond donors (Lipinski definition) is 0. The van der Waals surface area contributed by atoms with Crippen LogP contribution in [0.5, 0.6) is 0 Å². The van der Waals surface area contributed by atoms with Crippen LogP contribution < -0.4 is 0 Å². The summed E-state index contributed by atoms with van der Waals surface area (Å²) in [5, 5.41) is 0.173. The highest BCUT2D eigenvalue weighted by molar-refractivity contribution is 9.10. The van der Waals surface area contributed by atoms with Crippen molar-refractivity contribution >= 4 is 49.2 Å². The van der Waals surface area contributed by atoms with Crippen LogP contribution in [0, 0.1) is 0 Å². The molecule has 0 N–H and O–H groups in total. The first-order valence-electron chi connectivity index (χ1n) is 4.05. The van der Waals surface area contributed by atoms with Crippen molar-refractivity contribution in [3.8, 4) is 0 Å². The molecule has 0 saturated carbocycles. The van der Waals surface area contributed by atoms with Crippen molar-refractivity contribution in [2.45, 2.75) is 17.6 Å². The number of hydrogen-bond acceptors (Lipinski definition) is 1. The monoisotopic (exact) mass is 338 g/mol. The zero-order chi connectivity index (χ0) is 10.7. The molecular formula is C10H9Br2ClO. The predicted molar refractivity (Wildman–Crippen MR) is 66.0 cm³/mol. The second-order valence-corrected chi connectivity index (χ2v) is 4.72. The van der Waals surface area contributed by atoms with Crippen LogP contribution in [0.15, 0.2) is 22.7 Å². The van der Waals surface area contributed by atoms with Crippen LogP contribution in [-0.4, -0.2) is 5.78 Å². The maximum absolute atomic E-state index is 11.1. The second-order valence-electron chi connectivity index (χ2n) is 2.93. The average Bonchev–Trinajstić information content (AvgIpc) is 2.17. The highest BCUT2D eigenvalue weighted by atomic mass is 79.9. The Balaban J connectivity index is 3.15. The summed E-state index contributed by atoms with van der Waals surface area (Å²) < 4.78 is 0.909. The summed E-state index contributed by atoms with van der Waals surface area (Å²) >= 11 is 12.8. The van der Waals surface area contributed by atoms with Crippen LogP contribution in [0.1, 0.15) is 23.4 Å². The first kappa shape index (κ1) is 12.2. The Kier molecular flexibility index (Phi) is 4.61. The lowest BCUT2D eigenvalue weighted by atomic mass is 10.1. The van der Waals surface area contributed by atoms with Crippen LogP contribution in [-0.2, 0) is 10.1 Å². The van der Waals surface area contributed by atoms with Gasteiger partial charge in [-0.05, 0) is 18.1 Å². The molecule has 0 saturated heterocycles. The molecule has 1 unspecified atom stereocenters. The smallest absolute Gasteiger partial charge is 0.152 e. The fourth-order valence-electron chi connectivity index (χ4n) is 1.12. The Hall–Kier alpha value is 0.140. The maximum Gasteiger partial charge on any atom is 0.152 e. The molecule has 76 valence electrons. The molecule has 1 nitrogen and oxygen atoms in total. The quantitative estimate of drug-likeness (QED) is 0.753. The molecule has 0 aromatic heterocycles. The van der Waals surface area contributed by atoms with Gasteiger partial charge in [0.2, 0.25) is 0 Å². The zero-order valence-electron chi connectivity index (χ0n) is 7.56. The van der Waals surface area contributed by atoms with E-state index in [4.69, 9.17) is 11.6 Å². The molecule has 1 aromatic carbocycles. The van der Waals surface area contributed by atoms with Gasteiger partial charge in [-0.2, -0.15) is 0 Å². The maximum atomic E-state index is 11.1. The molecule has 4 heteroatoms. The third-order valence-corrected chi connectivity index (χ3v) is 4.00. The number of carbonyl (C=O) groups excluding carboxylic acids is 1. The Morgan fingerprint density at radius 1 is 1.57 bits per heavy atom. The van der Waals surface area contributed by atoms with E-state index in [0.717, 1.165) is 20.9 Å². The predicted octanol–water partition coefficient (Wildman–Crippen LogP) is 4.21. The fraction of sp³-hybridized carbons (Fsp3) is 0.300. The molecule has 0 amide bonds. The highest BCUT2D eigenvalue weighted by Gasteiger charge is 2.17. The molecule has 0 radical (unpaired) electrons. The number of ketones is 1. The van der Waals surface area contributed by atoms with Gasteiger partial charge in [-0.15, -0.1) is 11.6 Å². The minimum absolute atomic E-state index is 0.0425. The molecule has 1 atom stereocenters. The lowest BCUT2D eigenvalue weighted by Crippen LogP contribution is -2.03. The molecule has 0 heterocycles. The van der Waals surface area contributed by atoms with Crippen molar-refractivity contribution in [2.75, 3.05) is 0 Å². The molecule has 0 aliphatic rings. The summed E-state index contributed by atoms with van der Waals surface area (Å²) in [5.41, 5.74) is 1.92. The van der Waals surface area contributed by atoms with Gasteiger partial charge in [0.1, 0.15) is 5.38 Å². The minimum Gasteiger partial charge on any atom is -0.298 e. The Morgan fingerprint density at radius 3 is 2.71 bits per heavy atom. The number of carbonyl (C=O) groups is 1. The van der Waals surface area contributed by atoms with Crippen LogP contribution in [0.2, 0.25) is 0 Å². The van der Waals surface area contributed by atoms with Gasteiger partial charge in [-0.25, -0.2) is 0 Å². The Labute approximate surface area is 105 Å². The second kappa shape index (κ2) is 5.29. The minimum atomic E-state index is -0.566. The summed E-state index contributed by atoms with van der Waals surface area (Å²) in [6.45, 7) is 1.49. The number of halogens is 3. The summed E-state index contributed by atoms with van der Waals surface area (Å²) in [6.07, 6.45) is 0. The SMILES string of the molecule is CC(=O)C(Cl)c1cccc(CBr)c1Br. The Bertz CT molecular complexity index is 352.